The highest BCUT2D eigenvalue weighted by Gasteiger charge is 2.70. The Bertz CT molecular complexity index is 912. The Morgan fingerprint density at radius 3 is 2.00 bits per heavy atom. The van der Waals surface area contributed by atoms with Crippen LogP contribution in [0.15, 0.2) is 67.3 Å². The molecule has 1 fully saturated rings. The molecule has 5 heteroatoms. The van der Waals surface area contributed by atoms with Crippen molar-refractivity contribution < 1.29 is 14.0 Å². The monoisotopic (exact) mass is 437 g/mol. The summed E-state index contributed by atoms with van der Waals surface area (Å²) >= 11 is 0. The molecule has 0 saturated carbocycles. The largest absolute Gasteiger partial charge is 0.497 e. The molecule has 0 bridgehead atoms. The molecular weight excluding hydrogens is 402 g/mol. The lowest BCUT2D eigenvalue weighted by molar-refractivity contribution is -0.134. The van der Waals surface area contributed by atoms with Crippen LogP contribution in [-0.4, -0.2) is 27.6 Å². The second kappa shape index (κ2) is 8.19. The van der Waals surface area contributed by atoms with Crippen molar-refractivity contribution in [1.82, 2.24) is 0 Å². The van der Waals surface area contributed by atoms with Gasteiger partial charge in [0.1, 0.15) is 11.8 Å². The fourth-order valence-corrected chi connectivity index (χ4v) is 11.2. The Labute approximate surface area is 188 Å². The number of anilines is 1. The smallest absolute Gasteiger partial charge is 0.375 e. The Morgan fingerprint density at radius 2 is 1.55 bits per heavy atom. The van der Waals surface area contributed by atoms with Gasteiger partial charge in [-0.1, -0.05) is 78.0 Å². The van der Waals surface area contributed by atoms with Crippen LogP contribution in [0.2, 0.25) is 10.1 Å². The highest BCUT2D eigenvalue weighted by Crippen LogP contribution is 2.58. The molecule has 0 amide bonds. The van der Waals surface area contributed by atoms with E-state index >= 15 is 0 Å². The molecule has 4 nitrogen and oxygen atoms in total. The molecule has 0 aromatic heterocycles. The number of nitrogens with zero attached hydrogens (tertiary/aromatic N) is 1. The van der Waals surface area contributed by atoms with Gasteiger partial charge in [-0.15, -0.1) is 6.58 Å². The van der Waals surface area contributed by atoms with Gasteiger partial charge in [-0.2, -0.15) is 0 Å². The van der Waals surface area contributed by atoms with Gasteiger partial charge < -0.3 is 13.7 Å². The molecule has 166 valence electrons. The van der Waals surface area contributed by atoms with Crippen molar-refractivity contribution >= 4 is 20.1 Å². The van der Waals surface area contributed by atoms with Crippen LogP contribution in [0.25, 0.3) is 0 Å². The van der Waals surface area contributed by atoms with Crippen molar-refractivity contribution in [3.8, 4) is 5.75 Å². The van der Waals surface area contributed by atoms with E-state index in [1.165, 1.54) is 0 Å². The van der Waals surface area contributed by atoms with Gasteiger partial charge >= 0.3 is 14.4 Å². The number of ether oxygens (including phenoxy) is 1. The molecule has 0 spiro atoms. The van der Waals surface area contributed by atoms with Crippen LogP contribution in [0, 0.1) is 0 Å². The van der Waals surface area contributed by atoms with E-state index in [1.54, 1.807) is 7.11 Å². The molecule has 3 rings (SSSR count). The van der Waals surface area contributed by atoms with Crippen LogP contribution in [0.5, 0.6) is 5.75 Å². The summed E-state index contributed by atoms with van der Waals surface area (Å²) in [5, 5.41) is -0.448. The summed E-state index contributed by atoms with van der Waals surface area (Å²) in [6, 6.07) is 17.6. The van der Waals surface area contributed by atoms with Crippen LogP contribution >= 0.6 is 0 Å². The fraction of sp³-hybridized carbons (Fsp3) is 0.423. The van der Waals surface area contributed by atoms with Crippen molar-refractivity contribution in [3.05, 3.63) is 72.8 Å². The third-order valence-corrected chi connectivity index (χ3v) is 12.0. The molecule has 2 atom stereocenters. The Morgan fingerprint density at radius 1 is 1.00 bits per heavy atom. The molecule has 2 aromatic rings. The van der Waals surface area contributed by atoms with Crippen molar-refractivity contribution in [3.63, 3.8) is 0 Å². The summed E-state index contributed by atoms with van der Waals surface area (Å²) in [5.74, 6) is 0.435. The number of methoxy groups -OCH3 is 1. The topological polar surface area (TPSA) is 38.8 Å². The van der Waals surface area contributed by atoms with Crippen LogP contribution in [0.1, 0.15) is 53.0 Å². The molecule has 0 unspecified atom stereocenters. The zero-order valence-corrected chi connectivity index (χ0v) is 20.8. The SMILES string of the molecule is C=C[C@H](c1ccccc1)[C@@H]1C(=O)O[Si](C(C)(C)C)(C(C)(C)C)N1c1ccc(OC)cc1. The predicted molar refractivity (Wildman–Crippen MR) is 130 cm³/mol. The first-order valence-electron chi connectivity index (χ1n) is 10.8. The quantitative estimate of drug-likeness (QED) is 0.398. The van der Waals surface area contributed by atoms with Gasteiger partial charge in [0.05, 0.1) is 7.11 Å². The van der Waals surface area contributed by atoms with Gasteiger partial charge in [0.25, 0.3) is 0 Å². The maximum Gasteiger partial charge on any atom is 0.375 e. The lowest BCUT2D eigenvalue weighted by Crippen LogP contribution is -2.65. The second-order valence-electron chi connectivity index (χ2n) is 10.3. The van der Waals surface area contributed by atoms with Crippen LogP contribution in [-0.2, 0) is 9.22 Å². The van der Waals surface area contributed by atoms with E-state index in [9.17, 15) is 4.79 Å². The first kappa shape index (κ1) is 23.1. The minimum atomic E-state index is -2.88. The highest BCUT2D eigenvalue weighted by molar-refractivity contribution is 6.85. The number of carbonyl (C=O) groups excluding carboxylic acids is 1. The lowest BCUT2D eigenvalue weighted by Gasteiger charge is -2.52. The number of carbonyl (C=O) groups is 1. The molecule has 1 aliphatic heterocycles. The zero-order chi connectivity index (χ0) is 23.0. The van der Waals surface area contributed by atoms with Crippen molar-refractivity contribution in [2.24, 2.45) is 0 Å². The standard InChI is InChI=1S/C26H35NO3Si/c1-9-22(19-13-11-10-12-14-19)23-24(28)30-31(25(2,3)4,26(5,6)7)27(23)20-15-17-21(29-8)18-16-20/h9-18,22-23H,1H2,2-8H3/t22-,23-/m1/s1. The van der Waals surface area contributed by atoms with E-state index in [-0.39, 0.29) is 22.0 Å². The molecule has 2 aromatic carbocycles. The van der Waals surface area contributed by atoms with Crippen molar-refractivity contribution in [2.75, 3.05) is 11.7 Å². The molecule has 1 heterocycles. The third-order valence-electron chi connectivity index (χ3n) is 6.27. The molecule has 1 aliphatic rings. The van der Waals surface area contributed by atoms with E-state index in [0.29, 0.717) is 0 Å². The minimum Gasteiger partial charge on any atom is -0.497 e. The van der Waals surface area contributed by atoms with E-state index < -0.39 is 14.5 Å². The average Bonchev–Trinajstić information content (AvgIpc) is 3.04. The number of hydrogen-bond acceptors (Lipinski definition) is 4. The summed E-state index contributed by atoms with van der Waals surface area (Å²) in [7, 11) is -1.22. The van der Waals surface area contributed by atoms with Gasteiger partial charge in [-0.25, -0.2) is 0 Å². The van der Waals surface area contributed by atoms with E-state index in [0.717, 1.165) is 17.0 Å². The lowest BCUT2D eigenvalue weighted by atomic mass is 9.91. The Kier molecular flexibility index (Phi) is 6.11. The Balaban J connectivity index is 2.28. The molecule has 1 saturated heterocycles. The molecule has 31 heavy (non-hydrogen) atoms. The number of benzene rings is 2. The average molecular weight is 438 g/mol. The van der Waals surface area contributed by atoms with Crippen LogP contribution < -0.4 is 9.30 Å². The van der Waals surface area contributed by atoms with Crippen LogP contribution in [0.4, 0.5) is 5.69 Å². The summed E-state index contributed by atoms with van der Waals surface area (Å²) in [4.78, 5) is 13.7. The second-order valence-corrected chi connectivity index (χ2v) is 15.2. The van der Waals surface area contributed by atoms with Crippen molar-refractivity contribution in [2.45, 2.75) is 63.6 Å². The van der Waals surface area contributed by atoms with E-state index in [2.05, 4.69) is 64.8 Å². The predicted octanol–water partition coefficient (Wildman–Crippen LogP) is 6.44. The maximum absolute atomic E-state index is 13.7. The van der Waals surface area contributed by atoms with Crippen LogP contribution in [0.3, 0.4) is 0 Å². The molecule has 0 aliphatic carbocycles. The normalized spacial score (nSPS) is 19.6. The number of hydrogen-bond donors (Lipinski definition) is 0. The fourth-order valence-electron chi connectivity index (χ4n) is 5.23. The van der Waals surface area contributed by atoms with Gasteiger partial charge in [-0.3, -0.25) is 4.79 Å². The Hall–Kier alpha value is -2.53. The molecule has 0 radical (unpaired) electrons. The first-order chi connectivity index (χ1) is 14.5. The third kappa shape index (κ3) is 3.80. The molecule has 0 N–H and O–H groups in total. The zero-order valence-electron chi connectivity index (χ0n) is 19.8. The summed E-state index contributed by atoms with van der Waals surface area (Å²) < 4.78 is 14.3. The van der Waals surface area contributed by atoms with Crippen molar-refractivity contribution in [1.29, 1.82) is 0 Å². The minimum absolute atomic E-state index is 0.166. The van der Waals surface area contributed by atoms with Gasteiger partial charge in [0.2, 0.25) is 0 Å². The summed E-state index contributed by atoms with van der Waals surface area (Å²) in [5.41, 5.74) is 2.04. The number of rotatable bonds is 5. The highest BCUT2D eigenvalue weighted by atomic mass is 28.4. The van der Waals surface area contributed by atoms with Gasteiger partial charge in [0.15, 0.2) is 0 Å². The summed E-state index contributed by atoms with van der Waals surface area (Å²) in [6.07, 6.45) is 1.88. The maximum atomic E-state index is 13.7. The first-order valence-corrected chi connectivity index (χ1v) is 12.7. The van der Waals surface area contributed by atoms with Gasteiger partial charge in [-0.05, 0) is 29.8 Å². The van der Waals surface area contributed by atoms with E-state index in [1.807, 2.05) is 48.5 Å². The van der Waals surface area contributed by atoms with E-state index in [4.69, 9.17) is 9.16 Å². The molecular formula is C26H35NO3Si. The van der Waals surface area contributed by atoms with Gasteiger partial charge in [0, 0.05) is 21.7 Å². The summed E-state index contributed by atoms with van der Waals surface area (Å²) in [6.45, 7) is 17.3.